The summed E-state index contributed by atoms with van der Waals surface area (Å²) >= 11 is 6.51. The number of aliphatic hydroxyl groups excluding tert-OH is 1. The van der Waals surface area contributed by atoms with Gasteiger partial charge >= 0.3 is 0 Å². The summed E-state index contributed by atoms with van der Waals surface area (Å²) in [6.07, 6.45) is 10.9. The number of halogens is 1. The number of pyridine rings is 1. The maximum Gasteiger partial charge on any atom is 0.232 e. The van der Waals surface area contributed by atoms with Crippen molar-refractivity contribution in [2.24, 2.45) is 5.41 Å². The van der Waals surface area contributed by atoms with E-state index in [2.05, 4.69) is 45.2 Å². The number of nitrogens with one attached hydrogen (secondary N) is 1. The third-order valence-electron chi connectivity index (χ3n) is 7.93. The number of aromatic nitrogens is 3. The van der Waals surface area contributed by atoms with Crippen LogP contribution in [0.5, 0.6) is 5.88 Å². The van der Waals surface area contributed by atoms with Crippen molar-refractivity contribution in [1.29, 1.82) is 5.26 Å². The van der Waals surface area contributed by atoms with Gasteiger partial charge in [-0.2, -0.15) is 5.26 Å². The second-order valence-corrected chi connectivity index (χ2v) is 11.2. The fourth-order valence-electron chi connectivity index (χ4n) is 5.38. The van der Waals surface area contributed by atoms with Crippen LogP contribution in [0.3, 0.4) is 0 Å². The van der Waals surface area contributed by atoms with Gasteiger partial charge in [0, 0.05) is 43.1 Å². The van der Waals surface area contributed by atoms with Gasteiger partial charge in [0.15, 0.2) is 0 Å². The first-order chi connectivity index (χ1) is 18.3. The Bertz CT molecular complexity index is 1100. The standard InChI is InChI=1S/C28H39ClN6O3/c1-19(12-20(2)36)35(3)22-6-4-21(5-7-22)33-26-13-23(24(29)14-32-26)25-15-31-16-27(34-25)38-18-28(17-30)8-10-37-11-9-28/h13-16,19-22,36H,4-12,18H2,1-3H3,(H,32,33)/t19-,20?,21?,22?/m1/s1. The van der Waals surface area contributed by atoms with Crippen molar-refractivity contribution in [2.75, 3.05) is 32.2 Å². The molecule has 2 aromatic rings. The van der Waals surface area contributed by atoms with E-state index in [4.69, 9.17) is 21.1 Å². The molecule has 9 nitrogen and oxygen atoms in total. The third kappa shape index (κ3) is 7.32. The highest BCUT2D eigenvalue weighted by Crippen LogP contribution is 2.33. The summed E-state index contributed by atoms with van der Waals surface area (Å²) in [6, 6.07) is 5.53. The Hall–Kier alpha value is -2.51. The lowest BCUT2D eigenvalue weighted by molar-refractivity contribution is 0.0182. The van der Waals surface area contributed by atoms with Gasteiger partial charge in [-0.05, 0) is 71.9 Å². The Morgan fingerprint density at radius 2 is 1.97 bits per heavy atom. The summed E-state index contributed by atoms with van der Waals surface area (Å²) < 4.78 is 11.3. The molecule has 2 fully saturated rings. The summed E-state index contributed by atoms with van der Waals surface area (Å²) in [5, 5.41) is 23.5. The topological polar surface area (TPSA) is 116 Å². The summed E-state index contributed by atoms with van der Waals surface area (Å²) in [7, 11) is 2.17. The van der Waals surface area contributed by atoms with E-state index in [9.17, 15) is 10.4 Å². The number of rotatable bonds is 10. The molecule has 2 aromatic heterocycles. The van der Waals surface area contributed by atoms with Crippen LogP contribution in [0, 0.1) is 16.7 Å². The quantitative estimate of drug-likeness (QED) is 0.440. The molecule has 38 heavy (non-hydrogen) atoms. The van der Waals surface area contributed by atoms with Gasteiger partial charge in [-0.15, -0.1) is 0 Å². The molecule has 1 unspecified atom stereocenters. The minimum atomic E-state index is -0.565. The molecule has 0 amide bonds. The zero-order chi connectivity index (χ0) is 27.1. The molecule has 0 bridgehead atoms. The van der Waals surface area contributed by atoms with Crippen molar-refractivity contribution in [3.05, 3.63) is 29.7 Å². The van der Waals surface area contributed by atoms with Gasteiger partial charge in [0.25, 0.3) is 0 Å². The van der Waals surface area contributed by atoms with Gasteiger partial charge in [0.2, 0.25) is 5.88 Å². The third-order valence-corrected chi connectivity index (χ3v) is 8.23. The van der Waals surface area contributed by atoms with Crippen LogP contribution >= 0.6 is 11.6 Å². The second-order valence-electron chi connectivity index (χ2n) is 10.8. The lowest BCUT2D eigenvalue weighted by Crippen LogP contribution is -2.43. The molecule has 2 atom stereocenters. The van der Waals surface area contributed by atoms with Crippen LogP contribution in [0.2, 0.25) is 5.02 Å². The lowest BCUT2D eigenvalue weighted by atomic mass is 9.83. The molecular weight excluding hydrogens is 504 g/mol. The van der Waals surface area contributed by atoms with E-state index in [1.165, 1.54) is 0 Å². The largest absolute Gasteiger partial charge is 0.475 e. The average molecular weight is 543 g/mol. The molecule has 1 saturated heterocycles. The molecule has 2 aliphatic rings. The monoisotopic (exact) mass is 542 g/mol. The highest BCUT2D eigenvalue weighted by molar-refractivity contribution is 6.33. The molecule has 2 N–H and O–H groups in total. The fourth-order valence-corrected chi connectivity index (χ4v) is 5.58. The summed E-state index contributed by atoms with van der Waals surface area (Å²) in [5.41, 5.74) is 0.752. The van der Waals surface area contributed by atoms with E-state index in [-0.39, 0.29) is 12.7 Å². The predicted octanol–water partition coefficient (Wildman–Crippen LogP) is 4.71. The van der Waals surface area contributed by atoms with Gasteiger partial charge in [0.1, 0.15) is 12.4 Å². The maximum absolute atomic E-state index is 9.73. The van der Waals surface area contributed by atoms with Crippen LogP contribution in [-0.2, 0) is 4.74 Å². The summed E-state index contributed by atoms with van der Waals surface area (Å²) in [6.45, 7) is 5.41. The van der Waals surface area contributed by atoms with Gasteiger partial charge in [-0.25, -0.2) is 9.97 Å². The summed E-state index contributed by atoms with van der Waals surface area (Å²) in [4.78, 5) is 15.8. The fraction of sp³-hybridized carbons (Fsp3) is 0.643. The zero-order valence-electron chi connectivity index (χ0n) is 22.6. The number of aliphatic hydroxyl groups is 1. The number of hydrogen-bond acceptors (Lipinski definition) is 9. The molecule has 1 aliphatic heterocycles. The van der Waals surface area contributed by atoms with E-state index >= 15 is 0 Å². The predicted molar refractivity (Wildman–Crippen MR) is 147 cm³/mol. The molecule has 4 rings (SSSR count). The van der Waals surface area contributed by atoms with Gasteiger partial charge in [-0.3, -0.25) is 4.98 Å². The Balaban J connectivity index is 1.37. The van der Waals surface area contributed by atoms with E-state index < -0.39 is 5.41 Å². The molecule has 1 saturated carbocycles. The smallest absolute Gasteiger partial charge is 0.232 e. The molecule has 3 heterocycles. The van der Waals surface area contributed by atoms with Gasteiger partial charge < -0.3 is 24.8 Å². The van der Waals surface area contributed by atoms with E-state index in [0.717, 1.165) is 43.5 Å². The summed E-state index contributed by atoms with van der Waals surface area (Å²) in [5.74, 6) is 1.11. The average Bonchev–Trinajstić information content (AvgIpc) is 2.93. The van der Waals surface area contributed by atoms with Crippen LogP contribution in [0.1, 0.15) is 58.8 Å². The number of anilines is 1. The van der Waals surface area contributed by atoms with Crippen molar-refractivity contribution in [2.45, 2.75) is 83.0 Å². The Kier molecular flexibility index (Phi) is 9.77. The van der Waals surface area contributed by atoms with Crippen molar-refractivity contribution in [3.8, 4) is 23.2 Å². The molecule has 10 heteroatoms. The lowest BCUT2D eigenvalue weighted by Gasteiger charge is -2.38. The van der Waals surface area contributed by atoms with E-state index in [1.807, 2.05) is 13.0 Å². The molecule has 0 aromatic carbocycles. The number of nitriles is 1. The highest BCUT2D eigenvalue weighted by atomic mass is 35.5. The van der Waals surface area contributed by atoms with Crippen LogP contribution < -0.4 is 10.1 Å². The highest BCUT2D eigenvalue weighted by Gasteiger charge is 2.34. The maximum atomic E-state index is 9.73. The molecule has 0 radical (unpaired) electrons. The normalized spacial score (nSPS) is 22.9. The molecule has 206 valence electrons. The first-order valence-corrected chi connectivity index (χ1v) is 13.9. The first-order valence-electron chi connectivity index (χ1n) is 13.5. The van der Waals surface area contributed by atoms with Crippen LogP contribution in [-0.4, -0.2) is 76.1 Å². The number of ether oxygens (including phenoxy) is 2. The number of hydrogen-bond donors (Lipinski definition) is 2. The minimum absolute atomic E-state index is 0.248. The molecule has 0 spiro atoms. The van der Waals surface area contributed by atoms with Crippen molar-refractivity contribution in [3.63, 3.8) is 0 Å². The molecule has 1 aliphatic carbocycles. The van der Waals surface area contributed by atoms with E-state index in [1.54, 1.807) is 18.6 Å². The Morgan fingerprint density at radius 3 is 2.66 bits per heavy atom. The van der Waals surface area contributed by atoms with Crippen molar-refractivity contribution < 1.29 is 14.6 Å². The SMILES string of the molecule is CC(O)C[C@@H](C)N(C)C1CCC(Nc2cc(-c3cncc(OCC4(C#N)CCOCC4)n3)c(Cl)cn2)CC1. The van der Waals surface area contributed by atoms with Crippen molar-refractivity contribution >= 4 is 17.4 Å². The van der Waals surface area contributed by atoms with Crippen LogP contribution in [0.4, 0.5) is 5.82 Å². The molecular formula is C28H39ClN6O3. The van der Waals surface area contributed by atoms with E-state index in [0.29, 0.717) is 60.8 Å². The zero-order valence-corrected chi connectivity index (χ0v) is 23.3. The van der Waals surface area contributed by atoms with Gasteiger partial charge in [-0.1, -0.05) is 11.6 Å². The van der Waals surface area contributed by atoms with Crippen LogP contribution in [0.15, 0.2) is 24.7 Å². The van der Waals surface area contributed by atoms with Crippen LogP contribution in [0.25, 0.3) is 11.3 Å². The Morgan fingerprint density at radius 1 is 1.24 bits per heavy atom. The van der Waals surface area contributed by atoms with Gasteiger partial charge in [0.05, 0.1) is 40.7 Å². The minimum Gasteiger partial charge on any atom is -0.475 e. The first kappa shape index (κ1) is 28.5. The second kappa shape index (κ2) is 13.0. The number of nitrogens with zero attached hydrogens (tertiary/aromatic N) is 5. The van der Waals surface area contributed by atoms with Crippen molar-refractivity contribution in [1.82, 2.24) is 19.9 Å². The Labute approximate surface area is 230 Å².